The second-order valence-corrected chi connectivity index (χ2v) is 6.18. The van der Waals surface area contributed by atoms with Gasteiger partial charge in [-0.2, -0.15) is 0 Å². The smallest absolute Gasteiger partial charge is 0.314 e. The van der Waals surface area contributed by atoms with Gasteiger partial charge in [0, 0.05) is 43.9 Å². The molecular formula is C18H26N4O2. The molecule has 1 atom stereocenters. The Labute approximate surface area is 142 Å². The molecule has 0 spiro atoms. The van der Waals surface area contributed by atoms with Crippen LogP contribution in [0.1, 0.15) is 19.0 Å². The maximum Gasteiger partial charge on any atom is 0.314 e. The summed E-state index contributed by atoms with van der Waals surface area (Å²) in [4.78, 5) is 17.3. The molecule has 0 bridgehead atoms. The maximum absolute atomic E-state index is 11.4. The van der Waals surface area contributed by atoms with Crippen LogP contribution in [0, 0.1) is 0 Å². The minimum absolute atomic E-state index is 0.108. The summed E-state index contributed by atoms with van der Waals surface area (Å²) in [5.41, 5.74) is 2.42. The SMILES string of the molecule is CCNC(=O)NCCC1CN(Cc2cc3ccccc3[nH]2)CCO1. The van der Waals surface area contributed by atoms with Gasteiger partial charge in [0.25, 0.3) is 0 Å². The quantitative estimate of drug-likeness (QED) is 0.759. The van der Waals surface area contributed by atoms with Crippen molar-refractivity contribution in [1.82, 2.24) is 20.5 Å². The van der Waals surface area contributed by atoms with Crippen LogP contribution >= 0.6 is 0 Å². The lowest BCUT2D eigenvalue weighted by atomic mass is 10.2. The molecule has 1 saturated heterocycles. The number of aromatic nitrogens is 1. The van der Waals surface area contributed by atoms with Gasteiger partial charge in [0.05, 0.1) is 12.7 Å². The summed E-state index contributed by atoms with van der Waals surface area (Å²) in [5.74, 6) is 0. The Bertz CT molecular complexity index is 637. The molecule has 6 nitrogen and oxygen atoms in total. The van der Waals surface area contributed by atoms with Crippen molar-refractivity contribution < 1.29 is 9.53 Å². The summed E-state index contributed by atoms with van der Waals surface area (Å²) in [6.45, 7) is 6.67. The van der Waals surface area contributed by atoms with E-state index in [0.717, 1.165) is 32.7 Å². The summed E-state index contributed by atoms with van der Waals surface area (Å²) in [7, 11) is 0. The van der Waals surface area contributed by atoms with Crippen molar-refractivity contribution in [2.24, 2.45) is 0 Å². The highest BCUT2D eigenvalue weighted by Gasteiger charge is 2.20. The van der Waals surface area contributed by atoms with Crippen molar-refractivity contribution in [1.29, 1.82) is 0 Å². The fourth-order valence-electron chi connectivity index (χ4n) is 3.13. The molecule has 1 unspecified atom stereocenters. The van der Waals surface area contributed by atoms with E-state index in [0.29, 0.717) is 13.1 Å². The van der Waals surface area contributed by atoms with E-state index >= 15 is 0 Å². The normalized spacial score (nSPS) is 18.6. The van der Waals surface area contributed by atoms with Crippen molar-refractivity contribution >= 4 is 16.9 Å². The van der Waals surface area contributed by atoms with E-state index in [-0.39, 0.29) is 12.1 Å². The van der Waals surface area contributed by atoms with Crippen LogP contribution in [0.4, 0.5) is 4.79 Å². The molecule has 1 aromatic carbocycles. The van der Waals surface area contributed by atoms with Crippen LogP contribution in [-0.4, -0.2) is 54.8 Å². The Morgan fingerprint density at radius 2 is 2.25 bits per heavy atom. The standard InChI is InChI=1S/C18H26N4O2/c1-2-19-18(23)20-8-7-16-13-22(9-10-24-16)12-15-11-14-5-3-4-6-17(14)21-15/h3-6,11,16,21H,2,7-10,12-13H2,1H3,(H2,19,20,23). The third-order valence-electron chi connectivity index (χ3n) is 4.29. The largest absolute Gasteiger partial charge is 0.375 e. The number of ether oxygens (including phenoxy) is 1. The minimum atomic E-state index is -0.108. The molecule has 1 fully saturated rings. The van der Waals surface area contributed by atoms with Crippen molar-refractivity contribution in [3.8, 4) is 0 Å². The number of para-hydroxylation sites is 1. The van der Waals surface area contributed by atoms with Gasteiger partial charge in [-0.3, -0.25) is 4.90 Å². The van der Waals surface area contributed by atoms with E-state index in [1.165, 1.54) is 16.6 Å². The molecule has 3 rings (SSSR count). The molecule has 0 radical (unpaired) electrons. The molecule has 1 aromatic heterocycles. The summed E-state index contributed by atoms with van der Waals surface area (Å²) >= 11 is 0. The second kappa shape index (κ2) is 8.17. The number of nitrogens with zero attached hydrogens (tertiary/aromatic N) is 1. The number of carbonyl (C=O) groups is 1. The fourth-order valence-corrected chi connectivity index (χ4v) is 3.13. The first-order chi connectivity index (χ1) is 11.7. The molecule has 2 aromatic rings. The Kier molecular flexibility index (Phi) is 5.72. The highest BCUT2D eigenvalue weighted by Crippen LogP contribution is 2.17. The fraction of sp³-hybridized carbons (Fsp3) is 0.500. The summed E-state index contributed by atoms with van der Waals surface area (Å²) in [5, 5.41) is 6.84. The van der Waals surface area contributed by atoms with Gasteiger partial charge in [0.2, 0.25) is 0 Å². The number of benzene rings is 1. The lowest BCUT2D eigenvalue weighted by Crippen LogP contribution is -2.44. The van der Waals surface area contributed by atoms with Gasteiger partial charge in [-0.15, -0.1) is 0 Å². The number of urea groups is 1. The van der Waals surface area contributed by atoms with E-state index in [1.807, 2.05) is 6.92 Å². The third-order valence-corrected chi connectivity index (χ3v) is 4.29. The van der Waals surface area contributed by atoms with Gasteiger partial charge in [-0.25, -0.2) is 4.79 Å². The number of hydrogen-bond acceptors (Lipinski definition) is 3. The second-order valence-electron chi connectivity index (χ2n) is 6.18. The maximum atomic E-state index is 11.4. The molecule has 130 valence electrons. The van der Waals surface area contributed by atoms with Crippen molar-refractivity contribution in [3.63, 3.8) is 0 Å². The zero-order chi connectivity index (χ0) is 16.8. The first-order valence-electron chi connectivity index (χ1n) is 8.67. The number of H-pyrrole nitrogens is 1. The minimum Gasteiger partial charge on any atom is -0.375 e. The Hall–Kier alpha value is -2.05. The number of amides is 2. The Balaban J connectivity index is 1.47. The Morgan fingerprint density at radius 3 is 3.08 bits per heavy atom. The molecule has 2 heterocycles. The number of morpholine rings is 1. The molecule has 0 aliphatic carbocycles. The third kappa shape index (κ3) is 4.49. The summed E-state index contributed by atoms with van der Waals surface area (Å²) < 4.78 is 5.82. The van der Waals surface area contributed by atoms with Crippen LogP contribution in [-0.2, 0) is 11.3 Å². The number of carbonyl (C=O) groups excluding carboxylic acids is 1. The van der Waals surface area contributed by atoms with Crippen LogP contribution in [0.15, 0.2) is 30.3 Å². The number of rotatable bonds is 6. The molecular weight excluding hydrogens is 304 g/mol. The van der Waals surface area contributed by atoms with Gasteiger partial charge < -0.3 is 20.4 Å². The topological polar surface area (TPSA) is 69.4 Å². The Morgan fingerprint density at radius 1 is 1.38 bits per heavy atom. The van der Waals surface area contributed by atoms with Gasteiger partial charge in [0.15, 0.2) is 0 Å². The highest BCUT2D eigenvalue weighted by atomic mass is 16.5. The average Bonchev–Trinajstić information content (AvgIpc) is 2.97. The molecule has 0 saturated carbocycles. The van der Waals surface area contributed by atoms with Crippen LogP contribution in [0.2, 0.25) is 0 Å². The van der Waals surface area contributed by atoms with Crippen LogP contribution in [0.25, 0.3) is 10.9 Å². The molecule has 1 aliphatic heterocycles. The molecule has 6 heteroatoms. The summed E-state index contributed by atoms with van der Waals surface area (Å²) in [6.07, 6.45) is 1.01. The number of nitrogens with one attached hydrogen (secondary N) is 3. The average molecular weight is 330 g/mol. The lowest BCUT2D eigenvalue weighted by Gasteiger charge is -2.32. The lowest BCUT2D eigenvalue weighted by molar-refractivity contribution is -0.0343. The van der Waals surface area contributed by atoms with Crippen molar-refractivity contribution in [2.75, 3.05) is 32.8 Å². The molecule has 3 N–H and O–H groups in total. The zero-order valence-electron chi connectivity index (χ0n) is 14.2. The number of fused-ring (bicyclic) bond motifs is 1. The molecule has 2 amide bonds. The zero-order valence-corrected chi connectivity index (χ0v) is 14.2. The van der Waals surface area contributed by atoms with E-state index in [9.17, 15) is 4.79 Å². The van der Waals surface area contributed by atoms with Gasteiger partial charge in [0.1, 0.15) is 0 Å². The van der Waals surface area contributed by atoms with Crippen molar-refractivity contribution in [3.05, 3.63) is 36.0 Å². The summed E-state index contributed by atoms with van der Waals surface area (Å²) in [6, 6.07) is 10.5. The van der Waals surface area contributed by atoms with Crippen LogP contribution in [0.5, 0.6) is 0 Å². The predicted molar refractivity (Wildman–Crippen MR) is 95.0 cm³/mol. The first-order valence-corrected chi connectivity index (χ1v) is 8.67. The van der Waals surface area contributed by atoms with Gasteiger partial charge in [-0.1, -0.05) is 18.2 Å². The first kappa shape index (κ1) is 16.8. The number of aromatic amines is 1. The monoisotopic (exact) mass is 330 g/mol. The van der Waals surface area contributed by atoms with E-state index in [4.69, 9.17) is 4.74 Å². The van der Waals surface area contributed by atoms with E-state index in [2.05, 4.69) is 50.8 Å². The van der Waals surface area contributed by atoms with Gasteiger partial charge in [-0.05, 0) is 30.9 Å². The highest BCUT2D eigenvalue weighted by molar-refractivity contribution is 5.80. The van der Waals surface area contributed by atoms with Crippen molar-refractivity contribution in [2.45, 2.75) is 26.0 Å². The van der Waals surface area contributed by atoms with Crippen LogP contribution in [0.3, 0.4) is 0 Å². The predicted octanol–water partition coefficient (Wildman–Crippen LogP) is 2.08. The molecule has 1 aliphatic rings. The van der Waals surface area contributed by atoms with E-state index < -0.39 is 0 Å². The number of hydrogen-bond donors (Lipinski definition) is 3. The van der Waals surface area contributed by atoms with E-state index in [1.54, 1.807) is 0 Å². The van der Waals surface area contributed by atoms with Gasteiger partial charge >= 0.3 is 6.03 Å². The van der Waals surface area contributed by atoms with Crippen LogP contribution < -0.4 is 10.6 Å². The molecule has 24 heavy (non-hydrogen) atoms.